The fourth-order valence-electron chi connectivity index (χ4n) is 2.89. The minimum Gasteiger partial charge on any atom is -0.421 e. The summed E-state index contributed by atoms with van der Waals surface area (Å²) in [5, 5.41) is 1.11. The third-order valence-corrected chi connectivity index (χ3v) is 3.98. The first-order valence-electron chi connectivity index (χ1n) is 8.88. The minimum atomic E-state index is -0.402. The molecule has 1 heterocycles. The van der Waals surface area contributed by atoms with Gasteiger partial charge in [-0.25, -0.2) is 4.79 Å². The van der Waals surface area contributed by atoms with Gasteiger partial charge in [0.2, 0.25) is 0 Å². The number of carbonyl (C=O) groups is 1. The van der Waals surface area contributed by atoms with Crippen LogP contribution in [0.1, 0.15) is 50.7 Å². The second-order valence-electron chi connectivity index (χ2n) is 5.37. The SMILES string of the molecule is CC.CC.CC1C=CC2=C(C=C1)c1oc(=O)c3ccccc3c1C2=O. The topological polar surface area (TPSA) is 47.3 Å². The molecule has 0 amide bonds. The van der Waals surface area contributed by atoms with Crippen LogP contribution >= 0.6 is 0 Å². The summed E-state index contributed by atoms with van der Waals surface area (Å²) in [7, 11) is 0. The van der Waals surface area contributed by atoms with E-state index in [1.165, 1.54) is 0 Å². The van der Waals surface area contributed by atoms with E-state index in [2.05, 4.69) is 0 Å². The third-order valence-electron chi connectivity index (χ3n) is 3.98. The monoisotopic (exact) mass is 336 g/mol. The second-order valence-corrected chi connectivity index (χ2v) is 5.37. The summed E-state index contributed by atoms with van der Waals surface area (Å²) in [5.41, 5.74) is 1.41. The number of ketones is 1. The van der Waals surface area contributed by atoms with Gasteiger partial charge in [0, 0.05) is 16.5 Å². The molecular weight excluding hydrogens is 312 g/mol. The van der Waals surface area contributed by atoms with Crippen LogP contribution in [-0.2, 0) is 0 Å². The normalized spacial score (nSPS) is 17.2. The molecule has 130 valence electrons. The number of benzene rings is 1. The van der Waals surface area contributed by atoms with Crippen molar-refractivity contribution < 1.29 is 9.21 Å². The molecule has 0 bridgehead atoms. The van der Waals surface area contributed by atoms with E-state index in [1.807, 2.05) is 65.0 Å². The molecule has 1 atom stereocenters. The zero-order valence-corrected chi connectivity index (χ0v) is 15.4. The summed E-state index contributed by atoms with van der Waals surface area (Å²) in [4.78, 5) is 24.8. The van der Waals surface area contributed by atoms with Gasteiger partial charge < -0.3 is 4.42 Å². The Morgan fingerprint density at radius 3 is 2.04 bits per heavy atom. The molecule has 4 rings (SSSR count). The quantitative estimate of drug-likeness (QED) is 0.633. The lowest BCUT2D eigenvalue weighted by molar-refractivity contribution is 0.104. The molecule has 1 aromatic heterocycles. The van der Waals surface area contributed by atoms with Crippen molar-refractivity contribution in [3.05, 3.63) is 75.9 Å². The van der Waals surface area contributed by atoms with Crippen molar-refractivity contribution in [2.24, 2.45) is 5.92 Å². The first-order valence-corrected chi connectivity index (χ1v) is 8.88. The Bertz CT molecular complexity index is 939. The molecule has 2 aliphatic carbocycles. The Morgan fingerprint density at radius 1 is 0.840 bits per heavy atom. The molecule has 2 aliphatic rings. The van der Waals surface area contributed by atoms with Crippen molar-refractivity contribution in [3.8, 4) is 0 Å². The van der Waals surface area contributed by atoms with Crippen molar-refractivity contribution in [2.75, 3.05) is 0 Å². The Hall–Kier alpha value is -2.68. The zero-order valence-electron chi connectivity index (χ0n) is 15.4. The molecule has 0 radical (unpaired) electrons. The van der Waals surface area contributed by atoms with Crippen LogP contribution in [0.3, 0.4) is 0 Å². The lowest BCUT2D eigenvalue weighted by Gasteiger charge is -2.04. The van der Waals surface area contributed by atoms with E-state index in [9.17, 15) is 9.59 Å². The Morgan fingerprint density at radius 2 is 1.40 bits per heavy atom. The summed E-state index contributed by atoms with van der Waals surface area (Å²) in [6, 6.07) is 7.08. The maximum atomic E-state index is 12.7. The maximum absolute atomic E-state index is 12.7. The Kier molecular flexibility index (Phi) is 5.92. The van der Waals surface area contributed by atoms with Crippen molar-refractivity contribution in [1.29, 1.82) is 0 Å². The van der Waals surface area contributed by atoms with Gasteiger partial charge in [0.15, 0.2) is 11.5 Å². The van der Waals surface area contributed by atoms with Crippen LogP contribution in [0.15, 0.2) is 63.4 Å². The number of Topliss-reactive ketones (excluding diaryl/α,β-unsaturated/α-hetero) is 1. The number of allylic oxidation sites excluding steroid dienone is 6. The second kappa shape index (κ2) is 7.93. The lowest BCUT2D eigenvalue weighted by atomic mass is 10.0. The Labute approximate surface area is 148 Å². The highest BCUT2D eigenvalue weighted by molar-refractivity contribution is 6.27. The van der Waals surface area contributed by atoms with Crippen LogP contribution in [0.25, 0.3) is 16.3 Å². The number of fused-ring (bicyclic) bond motifs is 4. The minimum absolute atomic E-state index is 0.0741. The molecule has 1 aromatic carbocycles. The third kappa shape index (κ3) is 3.14. The van der Waals surface area contributed by atoms with Crippen LogP contribution in [-0.4, -0.2) is 5.78 Å². The molecular formula is C22H24O3. The van der Waals surface area contributed by atoms with Gasteiger partial charge >= 0.3 is 5.63 Å². The summed E-state index contributed by atoms with van der Waals surface area (Å²) in [6.45, 7) is 10.0. The molecule has 0 saturated heterocycles. The fraction of sp³-hybridized carbons (Fsp3) is 0.273. The molecule has 3 nitrogen and oxygen atoms in total. The van der Waals surface area contributed by atoms with Crippen molar-refractivity contribution >= 4 is 22.1 Å². The number of hydrogen-bond acceptors (Lipinski definition) is 3. The molecule has 0 aliphatic heterocycles. The van der Waals surface area contributed by atoms with E-state index < -0.39 is 5.63 Å². The van der Waals surface area contributed by atoms with Gasteiger partial charge in [0.25, 0.3) is 0 Å². The highest BCUT2D eigenvalue weighted by atomic mass is 16.4. The van der Waals surface area contributed by atoms with Crippen LogP contribution in [0.4, 0.5) is 0 Å². The molecule has 2 aromatic rings. The predicted molar refractivity (Wildman–Crippen MR) is 104 cm³/mol. The first kappa shape index (κ1) is 18.7. The van der Waals surface area contributed by atoms with Crippen LogP contribution in [0.2, 0.25) is 0 Å². The van der Waals surface area contributed by atoms with Gasteiger partial charge in [-0.05, 0) is 12.0 Å². The average Bonchev–Trinajstić information content (AvgIpc) is 2.79. The van der Waals surface area contributed by atoms with E-state index in [4.69, 9.17) is 4.42 Å². The van der Waals surface area contributed by atoms with Crippen molar-refractivity contribution in [1.82, 2.24) is 0 Å². The zero-order chi connectivity index (χ0) is 18.6. The molecule has 0 fully saturated rings. The van der Waals surface area contributed by atoms with E-state index in [1.54, 1.807) is 18.2 Å². The highest BCUT2D eigenvalue weighted by Crippen LogP contribution is 2.38. The Balaban J connectivity index is 0.000000528. The van der Waals surface area contributed by atoms with Crippen molar-refractivity contribution in [2.45, 2.75) is 34.6 Å². The summed E-state index contributed by atoms with van der Waals surface area (Å²) < 4.78 is 5.44. The van der Waals surface area contributed by atoms with E-state index >= 15 is 0 Å². The molecule has 25 heavy (non-hydrogen) atoms. The van der Waals surface area contributed by atoms with Gasteiger partial charge in [0.05, 0.1) is 10.9 Å². The molecule has 0 spiro atoms. The first-order chi connectivity index (χ1) is 12.2. The smallest absolute Gasteiger partial charge is 0.344 e. The number of rotatable bonds is 0. The maximum Gasteiger partial charge on any atom is 0.344 e. The average molecular weight is 336 g/mol. The van der Waals surface area contributed by atoms with E-state index in [-0.39, 0.29) is 11.7 Å². The predicted octanol–water partition coefficient (Wildman–Crippen LogP) is 5.56. The van der Waals surface area contributed by atoms with Crippen LogP contribution in [0, 0.1) is 5.92 Å². The van der Waals surface area contributed by atoms with Gasteiger partial charge in [-0.3, -0.25) is 4.79 Å². The van der Waals surface area contributed by atoms with Crippen molar-refractivity contribution in [3.63, 3.8) is 0 Å². The fourth-order valence-corrected chi connectivity index (χ4v) is 2.89. The summed E-state index contributed by atoms with van der Waals surface area (Å²) >= 11 is 0. The van der Waals surface area contributed by atoms with E-state index in [0.29, 0.717) is 33.2 Å². The van der Waals surface area contributed by atoms with Gasteiger partial charge in [-0.1, -0.05) is 77.1 Å². The van der Waals surface area contributed by atoms with Gasteiger partial charge in [-0.15, -0.1) is 0 Å². The number of carbonyl (C=O) groups excluding carboxylic acids is 1. The molecule has 1 unspecified atom stereocenters. The van der Waals surface area contributed by atoms with Crippen LogP contribution in [0.5, 0.6) is 0 Å². The summed E-state index contributed by atoms with van der Waals surface area (Å²) in [6.07, 6.45) is 7.68. The van der Waals surface area contributed by atoms with E-state index in [0.717, 1.165) is 0 Å². The summed E-state index contributed by atoms with van der Waals surface area (Å²) in [5.74, 6) is 0.572. The largest absolute Gasteiger partial charge is 0.421 e. The molecule has 0 N–H and O–H groups in total. The number of hydrogen-bond donors (Lipinski definition) is 0. The van der Waals surface area contributed by atoms with Crippen LogP contribution < -0.4 is 5.63 Å². The van der Waals surface area contributed by atoms with Gasteiger partial charge in [-0.2, -0.15) is 0 Å². The molecule has 0 saturated carbocycles. The lowest BCUT2D eigenvalue weighted by Crippen LogP contribution is -2.06. The van der Waals surface area contributed by atoms with Gasteiger partial charge in [0.1, 0.15) is 0 Å². The molecule has 3 heteroatoms. The highest BCUT2D eigenvalue weighted by Gasteiger charge is 2.32. The standard InChI is InChI=1S/C18H12O3.2C2H6/c1-10-6-8-12-13(9-7-10)17-15(16(12)19)11-4-2-3-5-14(11)18(20)21-17;2*1-2/h2-10H,1H3;2*1-2H3.